The van der Waals surface area contributed by atoms with Crippen LogP contribution in [0, 0.1) is 18.7 Å². The van der Waals surface area contributed by atoms with Crippen LogP contribution in [0.3, 0.4) is 0 Å². The van der Waals surface area contributed by atoms with E-state index in [1.54, 1.807) is 6.92 Å². The zero-order valence-electron chi connectivity index (χ0n) is 11.0. The molecule has 0 bridgehead atoms. The molecule has 1 N–H and O–H groups in total. The van der Waals surface area contributed by atoms with Gasteiger partial charge in [-0.15, -0.1) is 0 Å². The van der Waals surface area contributed by atoms with Gasteiger partial charge in [0, 0.05) is 13.1 Å². The largest absolute Gasteiger partial charge is 0.481 e. The first-order valence-electron chi connectivity index (χ1n) is 6.38. The molecule has 1 aliphatic rings. The Bertz CT molecular complexity index is 562. The van der Waals surface area contributed by atoms with Gasteiger partial charge in [0.1, 0.15) is 5.82 Å². The van der Waals surface area contributed by atoms with Gasteiger partial charge in [-0.1, -0.05) is 11.6 Å². The van der Waals surface area contributed by atoms with Gasteiger partial charge in [0.05, 0.1) is 16.5 Å². The van der Waals surface area contributed by atoms with Crippen LogP contribution in [-0.4, -0.2) is 35.0 Å². The van der Waals surface area contributed by atoms with Gasteiger partial charge in [0.15, 0.2) is 0 Å². The fourth-order valence-electron chi connectivity index (χ4n) is 2.34. The second-order valence-electron chi connectivity index (χ2n) is 5.01. The molecule has 1 fully saturated rings. The number of hydrogen-bond acceptors (Lipinski definition) is 2. The minimum Gasteiger partial charge on any atom is -0.481 e. The topological polar surface area (TPSA) is 57.6 Å². The van der Waals surface area contributed by atoms with Crippen LogP contribution in [-0.2, 0) is 4.79 Å². The smallest absolute Gasteiger partial charge is 0.308 e. The SMILES string of the molecule is Cc1cc(Cl)c(C(=O)N2CCCC(C(=O)O)C2)cc1F. The standard InChI is InChI=1S/C14H15ClFNO3/c1-8-5-11(15)10(6-12(8)16)13(18)17-4-2-3-9(7-17)14(19)20/h5-6,9H,2-4,7H2,1H3,(H,19,20). The predicted octanol–water partition coefficient (Wildman–Crippen LogP) is 2.72. The number of aryl methyl sites for hydroxylation is 1. The molecule has 108 valence electrons. The van der Waals surface area contributed by atoms with E-state index in [9.17, 15) is 14.0 Å². The molecule has 0 aromatic heterocycles. The second kappa shape index (κ2) is 5.79. The van der Waals surface area contributed by atoms with E-state index in [1.807, 2.05) is 0 Å². The summed E-state index contributed by atoms with van der Waals surface area (Å²) >= 11 is 5.98. The highest BCUT2D eigenvalue weighted by molar-refractivity contribution is 6.33. The van der Waals surface area contributed by atoms with E-state index in [2.05, 4.69) is 0 Å². The van der Waals surface area contributed by atoms with E-state index < -0.39 is 23.6 Å². The summed E-state index contributed by atoms with van der Waals surface area (Å²) < 4.78 is 13.6. The monoisotopic (exact) mass is 299 g/mol. The molecule has 1 heterocycles. The summed E-state index contributed by atoms with van der Waals surface area (Å²) in [4.78, 5) is 24.8. The molecule has 1 aliphatic heterocycles. The van der Waals surface area contributed by atoms with Gasteiger partial charge in [-0.2, -0.15) is 0 Å². The highest BCUT2D eigenvalue weighted by Gasteiger charge is 2.29. The normalized spacial score (nSPS) is 18.9. The number of aliphatic carboxylic acids is 1. The number of likely N-dealkylation sites (tertiary alicyclic amines) is 1. The maximum absolute atomic E-state index is 13.6. The fourth-order valence-corrected chi connectivity index (χ4v) is 2.64. The van der Waals surface area contributed by atoms with Crippen molar-refractivity contribution in [2.24, 2.45) is 5.92 Å². The van der Waals surface area contributed by atoms with Gasteiger partial charge < -0.3 is 10.0 Å². The number of rotatable bonds is 2. The number of carboxylic acids is 1. The van der Waals surface area contributed by atoms with Crippen LogP contribution >= 0.6 is 11.6 Å². The van der Waals surface area contributed by atoms with Crippen LogP contribution in [0.25, 0.3) is 0 Å². The molecule has 1 aromatic carbocycles. The van der Waals surface area contributed by atoms with Crippen molar-refractivity contribution in [3.63, 3.8) is 0 Å². The van der Waals surface area contributed by atoms with E-state index in [0.717, 1.165) is 6.07 Å². The summed E-state index contributed by atoms with van der Waals surface area (Å²) in [5.41, 5.74) is 0.453. The number of piperidine rings is 1. The molecule has 0 spiro atoms. The van der Waals surface area contributed by atoms with Gasteiger partial charge >= 0.3 is 5.97 Å². The third-order valence-electron chi connectivity index (χ3n) is 3.54. The Hall–Kier alpha value is -1.62. The molecule has 0 saturated carbocycles. The number of carbonyl (C=O) groups excluding carboxylic acids is 1. The lowest BCUT2D eigenvalue weighted by Gasteiger charge is -2.31. The first kappa shape index (κ1) is 14.8. The summed E-state index contributed by atoms with van der Waals surface area (Å²) in [6, 6.07) is 2.52. The van der Waals surface area contributed by atoms with E-state index in [0.29, 0.717) is 24.9 Å². The molecule has 0 aliphatic carbocycles. The van der Waals surface area contributed by atoms with Crippen LogP contribution in [0.1, 0.15) is 28.8 Å². The van der Waals surface area contributed by atoms with Gasteiger partial charge in [-0.3, -0.25) is 9.59 Å². The quantitative estimate of drug-likeness (QED) is 0.913. The van der Waals surface area contributed by atoms with Crippen molar-refractivity contribution < 1.29 is 19.1 Å². The Labute approximate surface area is 121 Å². The fraction of sp³-hybridized carbons (Fsp3) is 0.429. The minimum atomic E-state index is -0.913. The first-order valence-corrected chi connectivity index (χ1v) is 6.75. The third kappa shape index (κ3) is 2.93. The average molecular weight is 300 g/mol. The van der Waals surface area contributed by atoms with Crippen molar-refractivity contribution in [3.8, 4) is 0 Å². The molecule has 1 saturated heterocycles. The number of carboxylic acid groups (broad SMARTS) is 1. The van der Waals surface area contributed by atoms with Crippen LogP contribution in [0.5, 0.6) is 0 Å². The Morgan fingerprint density at radius 1 is 1.45 bits per heavy atom. The zero-order valence-corrected chi connectivity index (χ0v) is 11.8. The van der Waals surface area contributed by atoms with Gasteiger partial charge in [0.2, 0.25) is 0 Å². The number of amides is 1. The molecule has 1 unspecified atom stereocenters. The molecule has 1 aromatic rings. The maximum atomic E-state index is 13.6. The summed E-state index contributed by atoms with van der Waals surface area (Å²) in [5, 5.41) is 9.21. The Kier molecular flexibility index (Phi) is 4.28. The molecular formula is C14H15ClFNO3. The predicted molar refractivity (Wildman–Crippen MR) is 72.4 cm³/mol. The summed E-state index contributed by atoms with van der Waals surface area (Å²) in [6.45, 7) is 2.17. The molecule has 1 atom stereocenters. The summed E-state index contributed by atoms with van der Waals surface area (Å²) in [5.74, 6) is -2.39. The average Bonchev–Trinajstić information content (AvgIpc) is 2.42. The Morgan fingerprint density at radius 3 is 2.80 bits per heavy atom. The Balaban J connectivity index is 2.23. The van der Waals surface area contributed by atoms with Crippen molar-refractivity contribution in [2.75, 3.05) is 13.1 Å². The van der Waals surface area contributed by atoms with Crippen LogP contribution in [0.15, 0.2) is 12.1 Å². The second-order valence-corrected chi connectivity index (χ2v) is 5.42. The lowest BCUT2D eigenvalue weighted by atomic mass is 9.97. The highest BCUT2D eigenvalue weighted by Crippen LogP contribution is 2.24. The number of hydrogen-bond donors (Lipinski definition) is 1. The van der Waals surface area contributed by atoms with Gasteiger partial charge in [-0.05, 0) is 37.5 Å². The first-order chi connectivity index (χ1) is 9.40. The molecule has 0 radical (unpaired) electrons. The summed E-state index contributed by atoms with van der Waals surface area (Å²) in [7, 11) is 0. The van der Waals surface area contributed by atoms with Crippen LogP contribution in [0.2, 0.25) is 5.02 Å². The van der Waals surface area contributed by atoms with Crippen LogP contribution in [0.4, 0.5) is 4.39 Å². The van der Waals surface area contributed by atoms with Gasteiger partial charge in [0.25, 0.3) is 5.91 Å². The van der Waals surface area contributed by atoms with Gasteiger partial charge in [-0.25, -0.2) is 4.39 Å². The van der Waals surface area contributed by atoms with Crippen molar-refractivity contribution in [1.82, 2.24) is 4.90 Å². The van der Waals surface area contributed by atoms with E-state index >= 15 is 0 Å². The zero-order chi connectivity index (χ0) is 14.9. The number of benzene rings is 1. The highest BCUT2D eigenvalue weighted by atomic mass is 35.5. The third-order valence-corrected chi connectivity index (χ3v) is 3.85. The van der Waals surface area contributed by atoms with Crippen LogP contribution < -0.4 is 0 Å². The molecule has 4 nitrogen and oxygen atoms in total. The maximum Gasteiger partial charge on any atom is 0.308 e. The number of nitrogens with zero attached hydrogens (tertiary/aromatic N) is 1. The molecule has 20 heavy (non-hydrogen) atoms. The molecule has 1 amide bonds. The minimum absolute atomic E-state index is 0.0841. The number of carbonyl (C=O) groups is 2. The Morgan fingerprint density at radius 2 is 2.15 bits per heavy atom. The van der Waals surface area contributed by atoms with Crippen molar-refractivity contribution in [1.29, 1.82) is 0 Å². The molecular weight excluding hydrogens is 285 g/mol. The molecule has 6 heteroatoms. The van der Waals surface area contributed by atoms with E-state index in [1.165, 1.54) is 11.0 Å². The van der Waals surface area contributed by atoms with Crippen molar-refractivity contribution in [2.45, 2.75) is 19.8 Å². The van der Waals surface area contributed by atoms with E-state index in [4.69, 9.17) is 16.7 Å². The lowest BCUT2D eigenvalue weighted by molar-refractivity contribution is -0.143. The number of halogens is 2. The lowest BCUT2D eigenvalue weighted by Crippen LogP contribution is -2.42. The summed E-state index contributed by atoms with van der Waals surface area (Å²) in [6.07, 6.45) is 1.17. The van der Waals surface area contributed by atoms with E-state index in [-0.39, 0.29) is 17.1 Å². The molecule has 2 rings (SSSR count). The van der Waals surface area contributed by atoms with Crippen molar-refractivity contribution in [3.05, 3.63) is 34.1 Å². The van der Waals surface area contributed by atoms with Crippen molar-refractivity contribution >= 4 is 23.5 Å².